The second-order valence-electron chi connectivity index (χ2n) is 4.93. The Morgan fingerprint density at radius 2 is 1.88 bits per heavy atom. The van der Waals surface area contributed by atoms with Gasteiger partial charge in [0.05, 0.1) is 10.6 Å². The highest BCUT2D eigenvalue weighted by molar-refractivity contribution is 7.91. The molecule has 0 saturated carbocycles. The van der Waals surface area contributed by atoms with Crippen molar-refractivity contribution >= 4 is 38.5 Å². The molecule has 0 unspecified atom stereocenters. The number of hydrogen-bond donors (Lipinski definition) is 2. The predicted octanol–water partition coefficient (Wildman–Crippen LogP) is 3.01. The zero-order chi connectivity index (χ0) is 18.2. The summed E-state index contributed by atoms with van der Waals surface area (Å²) in [6.07, 6.45) is 0. The zero-order valence-corrected chi connectivity index (χ0v) is 15.0. The highest BCUT2D eigenvalue weighted by atomic mass is 35.5. The van der Waals surface area contributed by atoms with Gasteiger partial charge >= 0.3 is 0 Å². The Bertz CT molecular complexity index is 1050. The van der Waals surface area contributed by atoms with Gasteiger partial charge in [-0.15, -0.1) is 16.4 Å². The van der Waals surface area contributed by atoms with E-state index in [0.29, 0.717) is 5.02 Å². The summed E-state index contributed by atoms with van der Waals surface area (Å²) in [6, 6.07) is 5.75. The van der Waals surface area contributed by atoms with Crippen molar-refractivity contribution in [3.63, 3.8) is 0 Å². The molecule has 3 rings (SSSR count). The Hall–Kier alpha value is -2.43. The van der Waals surface area contributed by atoms with Crippen molar-refractivity contribution in [2.75, 3.05) is 0 Å². The number of allylic oxidation sites excluding steroid dienone is 1. The van der Waals surface area contributed by atoms with E-state index in [1.165, 1.54) is 41.9 Å². The lowest BCUT2D eigenvalue weighted by atomic mass is 10.4. The molecule has 11 heteroatoms. The van der Waals surface area contributed by atoms with Crippen LogP contribution in [0.2, 0.25) is 5.02 Å². The molecule has 8 nitrogen and oxygen atoms in total. The summed E-state index contributed by atoms with van der Waals surface area (Å²) in [5, 5.41) is 33.5. The van der Waals surface area contributed by atoms with Crippen molar-refractivity contribution in [3.05, 3.63) is 51.6 Å². The van der Waals surface area contributed by atoms with Crippen molar-refractivity contribution in [2.24, 2.45) is 0 Å². The second kappa shape index (κ2) is 6.47. The largest absolute Gasteiger partial charge is 0.509 e. The Kier molecular flexibility index (Phi) is 4.50. The van der Waals surface area contributed by atoms with E-state index in [-0.39, 0.29) is 21.3 Å². The molecule has 3 aromatic rings. The monoisotopic (exact) mass is 398 g/mol. The van der Waals surface area contributed by atoms with Crippen LogP contribution in [-0.2, 0) is 9.84 Å². The van der Waals surface area contributed by atoms with Crippen molar-refractivity contribution in [1.82, 2.24) is 20.2 Å². The number of tetrazole rings is 1. The van der Waals surface area contributed by atoms with Crippen molar-refractivity contribution in [2.45, 2.75) is 16.7 Å². The fourth-order valence-electron chi connectivity index (χ4n) is 2.03. The van der Waals surface area contributed by atoms with E-state index in [0.717, 1.165) is 16.0 Å². The third kappa shape index (κ3) is 3.11. The first-order valence-corrected chi connectivity index (χ1v) is 9.57. The summed E-state index contributed by atoms with van der Waals surface area (Å²) in [5.74, 6) is -1.12. The normalized spacial score (nSPS) is 12.9. The first-order chi connectivity index (χ1) is 11.8. The first-order valence-electron chi connectivity index (χ1n) is 6.77. The molecule has 0 aliphatic carbocycles. The van der Waals surface area contributed by atoms with Gasteiger partial charge in [0.1, 0.15) is 10.7 Å². The van der Waals surface area contributed by atoms with Crippen LogP contribution < -0.4 is 0 Å². The second-order valence-corrected chi connectivity index (χ2v) is 8.03. The minimum absolute atomic E-state index is 0.0308. The maximum atomic E-state index is 12.9. The average molecular weight is 399 g/mol. The predicted molar refractivity (Wildman–Crippen MR) is 91.8 cm³/mol. The summed E-state index contributed by atoms with van der Waals surface area (Å²) in [5.41, 5.74) is 0.160. The van der Waals surface area contributed by atoms with E-state index in [4.69, 9.17) is 11.6 Å². The van der Waals surface area contributed by atoms with Crippen LogP contribution in [0.1, 0.15) is 12.7 Å². The van der Waals surface area contributed by atoms with Crippen LogP contribution >= 0.6 is 22.9 Å². The Morgan fingerprint density at radius 1 is 1.20 bits per heavy atom. The van der Waals surface area contributed by atoms with Gasteiger partial charge in [0.15, 0.2) is 0 Å². The van der Waals surface area contributed by atoms with Gasteiger partial charge in [0, 0.05) is 15.8 Å². The molecule has 2 aromatic heterocycles. The molecule has 2 N–H and O–H groups in total. The van der Waals surface area contributed by atoms with Gasteiger partial charge in [0.25, 0.3) is 0 Å². The van der Waals surface area contributed by atoms with E-state index >= 15 is 0 Å². The molecule has 0 aliphatic heterocycles. The minimum Gasteiger partial charge on any atom is -0.509 e. The summed E-state index contributed by atoms with van der Waals surface area (Å²) < 4.78 is 26.8. The molecule has 130 valence electrons. The quantitative estimate of drug-likeness (QED) is 0.648. The summed E-state index contributed by atoms with van der Waals surface area (Å²) in [6.45, 7) is 1.26. The van der Waals surface area contributed by atoms with Gasteiger partial charge < -0.3 is 10.2 Å². The number of aliphatic hydroxyl groups excluding tert-OH is 2. The van der Waals surface area contributed by atoms with Crippen LogP contribution in [0.25, 0.3) is 11.4 Å². The number of hydrogen-bond acceptors (Lipinski definition) is 8. The molecule has 0 atom stereocenters. The minimum atomic E-state index is -3.86. The van der Waals surface area contributed by atoms with Crippen LogP contribution in [0.3, 0.4) is 0 Å². The van der Waals surface area contributed by atoms with E-state index in [2.05, 4.69) is 15.5 Å². The summed E-state index contributed by atoms with van der Waals surface area (Å²) >= 11 is 6.94. The zero-order valence-electron chi connectivity index (χ0n) is 12.7. The van der Waals surface area contributed by atoms with E-state index in [9.17, 15) is 18.6 Å². The molecule has 0 aliphatic rings. The first kappa shape index (κ1) is 17.4. The van der Waals surface area contributed by atoms with Gasteiger partial charge in [-0.3, -0.25) is 0 Å². The van der Waals surface area contributed by atoms with Gasteiger partial charge in [-0.05, 0) is 41.6 Å². The SMILES string of the molecule is CC(O)=C(O)c1nnnn1-c1cscc1S(=O)(=O)c1ccc(Cl)cc1. The van der Waals surface area contributed by atoms with Crippen LogP contribution in [0.4, 0.5) is 0 Å². The highest BCUT2D eigenvalue weighted by Crippen LogP contribution is 2.31. The molecule has 0 amide bonds. The molecule has 0 spiro atoms. The van der Waals surface area contributed by atoms with Crippen molar-refractivity contribution in [3.8, 4) is 5.69 Å². The number of thiophene rings is 1. The third-order valence-corrected chi connectivity index (χ3v) is 6.20. The van der Waals surface area contributed by atoms with Crippen molar-refractivity contribution < 1.29 is 18.6 Å². The molecule has 0 fully saturated rings. The van der Waals surface area contributed by atoms with Gasteiger partial charge in [-0.25, -0.2) is 8.42 Å². The number of aliphatic hydroxyl groups is 2. The maximum absolute atomic E-state index is 12.9. The number of benzene rings is 1. The fourth-order valence-corrected chi connectivity index (χ4v) is 4.74. The third-order valence-electron chi connectivity index (χ3n) is 3.27. The summed E-state index contributed by atoms with van der Waals surface area (Å²) in [7, 11) is -3.86. The molecule has 0 bridgehead atoms. The molecular weight excluding hydrogens is 388 g/mol. The molecule has 25 heavy (non-hydrogen) atoms. The number of nitrogens with zero attached hydrogens (tertiary/aromatic N) is 4. The average Bonchev–Trinajstić information content (AvgIpc) is 3.23. The molecular formula is C14H11ClN4O4S2. The Balaban J connectivity index is 2.16. The number of aromatic nitrogens is 4. The van der Waals surface area contributed by atoms with Crippen LogP contribution in [-0.4, -0.2) is 38.8 Å². The van der Waals surface area contributed by atoms with E-state index in [1.54, 1.807) is 0 Å². The molecule has 0 saturated heterocycles. The summed E-state index contributed by atoms with van der Waals surface area (Å²) in [4.78, 5) is 0.0287. The molecule has 1 aromatic carbocycles. The maximum Gasteiger partial charge on any atom is 0.225 e. The lowest BCUT2D eigenvalue weighted by Gasteiger charge is -2.08. The topological polar surface area (TPSA) is 118 Å². The van der Waals surface area contributed by atoms with Gasteiger partial charge in [-0.2, -0.15) is 4.68 Å². The fraction of sp³-hybridized carbons (Fsp3) is 0.0714. The number of rotatable bonds is 4. The van der Waals surface area contributed by atoms with E-state index in [1.807, 2.05) is 0 Å². The van der Waals surface area contributed by atoms with Gasteiger partial charge in [0.2, 0.25) is 21.4 Å². The van der Waals surface area contributed by atoms with E-state index < -0.39 is 21.4 Å². The number of halogens is 1. The lowest BCUT2D eigenvalue weighted by molar-refractivity contribution is 0.380. The Morgan fingerprint density at radius 3 is 2.52 bits per heavy atom. The van der Waals surface area contributed by atoms with Crippen LogP contribution in [0.15, 0.2) is 50.6 Å². The molecule has 0 radical (unpaired) electrons. The van der Waals surface area contributed by atoms with Gasteiger partial charge in [-0.1, -0.05) is 11.6 Å². The smallest absolute Gasteiger partial charge is 0.225 e. The van der Waals surface area contributed by atoms with Crippen LogP contribution in [0, 0.1) is 0 Å². The Labute approximate surface area is 151 Å². The lowest BCUT2D eigenvalue weighted by Crippen LogP contribution is -2.09. The standard InChI is InChI=1S/C14H11ClN4O4S2/c1-8(20)13(21)14-16-17-18-19(14)11-6-24-7-12(11)25(22,23)10-4-2-9(15)3-5-10/h2-7,20-21H,1H3. The van der Waals surface area contributed by atoms with Crippen LogP contribution in [0.5, 0.6) is 0 Å². The van der Waals surface area contributed by atoms with Crippen molar-refractivity contribution in [1.29, 1.82) is 0 Å². The highest BCUT2D eigenvalue weighted by Gasteiger charge is 2.26. The molecule has 2 heterocycles. The number of sulfone groups is 1.